The second-order valence-corrected chi connectivity index (χ2v) is 4.12. The largest absolute Gasteiger partial charge is 0.507 e. The van der Waals surface area contributed by atoms with Gasteiger partial charge >= 0.3 is 0 Å². The van der Waals surface area contributed by atoms with E-state index in [-0.39, 0.29) is 5.75 Å². The van der Waals surface area contributed by atoms with Gasteiger partial charge in [-0.3, -0.25) is 0 Å². The lowest BCUT2D eigenvalue weighted by atomic mass is 10.1. The maximum atomic E-state index is 9.85. The summed E-state index contributed by atoms with van der Waals surface area (Å²) in [6, 6.07) is 13.3. The Kier molecular flexibility index (Phi) is 2.11. The lowest BCUT2D eigenvalue weighted by Gasteiger charge is -2.01. The van der Waals surface area contributed by atoms with E-state index in [4.69, 9.17) is 0 Å². The topological polar surface area (TPSA) is 48.9 Å². The Morgan fingerprint density at radius 3 is 2.76 bits per heavy atom. The van der Waals surface area contributed by atoms with Crippen LogP contribution in [-0.2, 0) is 0 Å². The quantitative estimate of drug-likeness (QED) is 0.666. The van der Waals surface area contributed by atoms with Crippen molar-refractivity contribution >= 4 is 11.0 Å². The van der Waals surface area contributed by atoms with Gasteiger partial charge in [-0.15, -0.1) is 0 Å². The summed E-state index contributed by atoms with van der Waals surface area (Å²) in [6.45, 7) is 1.99. The number of aryl methyl sites for hydroxylation is 1. The zero-order valence-electron chi connectivity index (χ0n) is 9.44. The van der Waals surface area contributed by atoms with E-state index in [1.165, 1.54) is 0 Å². The third-order valence-corrected chi connectivity index (χ3v) is 2.80. The summed E-state index contributed by atoms with van der Waals surface area (Å²) in [7, 11) is 0. The highest BCUT2D eigenvalue weighted by Gasteiger charge is 2.09. The summed E-state index contributed by atoms with van der Waals surface area (Å²) >= 11 is 0. The van der Waals surface area contributed by atoms with Gasteiger partial charge in [0, 0.05) is 0 Å². The Morgan fingerprint density at radius 2 is 1.94 bits per heavy atom. The number of aromatic hydroxyl groups is 1. The molecule has 0 radical (unpaired) electrons. The molecule has 0 aliphatic heterocycles. The number of nitrogens with zero attached hydrogens (tertiary/aromatic N) is 1. The molecular formula is C14H12N2O. The molecule has 3 nitrogen and oxygen atoms in total. The Hall–Kier alpha value is -2.29. The number of aromatic amines is 1. The number of phenols is 1. The number of phenolic OH excluding ortho intramolecular Hbond substituents is 1. The number of aromatic nitrogens is 2. The first-order chi connectivity index (χ1) is 8.24. The first kappa shape index (κ1) is 9.90. The van der Waals surface area contributed by atoms with Crippen LogP contribution in [0, 0.1) is 6.92 Å². The molecule has 0 amide bonds. The van der Waals surface area contributed by atoms with E-state index in [0.717, 1.165) is 22.2 Å². The molecule has 84 valence electrons. The molecule has 1 aromatic heterocycles. The molecule has 3 rings (SSSR count). The SMILES string of the molecule is Cc1ccc(O)c(-c2nc3ccccc3[nH]2)c1. The molecule has 0 saturated carbocycles. The molecule has 0 aliphatic carbocycles. The van der Waals surface area contributed by atoms with Crippen molar-refractivity contribution in [3.8, 4) is 17.1 Å². The smallest absolute Gasteiger partial charge is 0.142 e. The van der Waals surface area contributed by atoms with Crippen LogP contribution in [0.3, 0.4) is 0 Å². The number of hydrogen-bond donors (Lipinski definition) is 2. The van der Waals surface area contributed by atoms with Crippen LogP contribution in [0.15, 0.2) is 42.5 Å². The first-order valence-corrected chi connectivity index (χ1v) is 5.49. The van der Waals surface area contributed by atoms with E-state index in [2.05, 4.69) is 9.97 Å². The van der Waals surface area contributed by atoms with Gasteiger partial charge in [0.1, 0.15) is 11.6 Å². The highest BCUT2D eigenvalue weighted by atomic mass is 16.3. The van der Waals surface area contributed by atoms with Crippen LogP contribution in [0.2, 0.25) is 0 Å². The molecule has 0 fully saturated rings. The molecule has 0 spiro atoms. The summed E-state index contributed by atoms with van der Waals surface area (Å²) in [5.41, 5.74) is 3.71. The number of para-hydroxylation sites is 2. The molecule has 0 aliphatic rings. The average Bonchev–Trinajstić information content (AvgIpc) is 2.75. The molecule has 3 heteroatoms. The summed E-state index contributed by atoms with van der Waals surface area (Å²) < 4.78 is 0. The Balaban J connectivity index is 2.23. The zero-order chi connectivity index (χ0) is 11.8. The molecule has 0 bridgehead atoms. The van der Waals surface area contributed by atoms with Crippen LogP contribution in [0.4, 0.5) is 0 Å². The second kappa shape index (κ2) is 3.63. The van der Waals surface area contributed by atoms with Crippen LogP contribution < -0.4 is 0 Å². The molecule has 0 atom stereocenters. The van der Waals surface area contributed by atoms with E-state index in [9.17, 15) is 5.11 Å². The molecule has 0 unspecified atom stereocenters. The fourth-order valence-corrected chi connectivity index (χ4v) is 1.92. The number of fused-ring (bicyclic) bond motifs is 1. The van der Waals surface area contributed by atoms with Crippen molar-refractivity contribution in [1.82, 2.24) is 9.97 Å². The van der Waals surface area contributed by atoms with Crippen LogP contribution >= 0.6 is 0 Å². The Bertz CT molecular complexity index is 653. The Labute approximate surface area is 98.8 Å². The summed E-state index contributed by atoms with van der Waals surface area (Å²) in [6.07, 6.45) is 0. The highest BCUT2D eigenvalue weighted by Crippen LogP contribution is 2.29. The summed E-state index contributed by atoms with van der Waals surface area (Å²) in [5.74, 6) is 0.946. The number of nitrogens with one attached hydrogen (secondary N) is 1. The molecule has 2 aromatic carbocycles. The molecular weight excluding hydrogens is 212 g/mol. The van der Waals surface area contributed by atoms with Crippen LogP contribution in [0.25, 0.3) is 22.4 Å². The average molecular weight is 224 g/mol. The molecule has 1 heterocycles. The van der Waals surface area contributed by atoms with Crippen molar-refractivity contribution in [2.75, 3.05) is 0 Å². The molecule has 2 N–H and O–H groups in total. The van der Waals surface area contributed by atoms with E-state index >= 15 is 0 Å². The predicted octanol–water partition coefficient (Wildman–Crippen LogP) is 3.24. The van der Waals surface area contributed by atoms with Gasteiger partial charge in [-0.25, -0.2) is 4.98 Å². The van der Waals surface area contributed by atoms with Gasteiger partial charge in [0.15, 0.2) is 0 Å². The van der Waals surface area contributed by atoms with E-state index in [0.29, 0.717) is 5.82 Å². The fraction of sp³-hybridized carbons (Fsp3) is 0.0714. The van der Waals surface area contributed by atoms with Crippen molar-refractivity contribution in [2.24, 2.45) is 0 Å². The van der Waals surface area contributed by atoms with Crippen molar-refractivity contribution in [2.45, 2.75) is 6.92 Å². The first-order valence-electron chi connectivity index (χ1n) is 5.49. The maximum Gasteiger partial charge on any atom is 0.142 e. The van der Waals surface area contributed by atoms with Crippen molar-refractivity contribution < 1.29 is 5.11 Å². The number of benzene rings is 2. The standard InChI is InChI=1S/C14H12N2O/c1-9-6-7-13(17)10(8-9)14-15-11-4-2-3-5-12(11)16-14/h2-8,17H,1H3,(H,15,16). The van der Waals surface area contributed by atoms with Crippen molar-refractivity contribution in [3.05, 3.63) is 48.0 Å². The molecule has 3 aromatic rings. The van der Waals surface area contributed by atoms with E-state index in [1.807, 2.05) is 43.3 Å². The van der Waals surface area contributed by atoms with Crippen molar-refractivity contribution in [1.29, 1.82) is 0 Å². The number of H-pyrrole nitrogens is 1. The lowest BCUT2D eigenvalue weighted by Crippen LogP contribution is -1.83. The second-order valence-electron chi connectivity index (χ2n) is 4.12. The van der Waals surface area contributed by atoms with Gasteiger partial charge in [0.2, 0.25) is 0 Å². The molecule has 17 heavy (non-hydrogen) atoms. The van der Waals surface area contributed by atoms with E-state index < -0.39 is 0 Å². The summed E-state index contributed by atoms with van der Waals surface area (Å²) in [5, 5.41) is 9.85. The predicted molar refractivity (Wildman–Crippen MR) is 67.9 cm³/mol. The van der Waals surface area contributed by atoms with Gasteiger partial charge in [-0.1, -0.05) is 23.8 Å². The summed E-state index contributed by atoms with van der Waals surface area (Å²) in [4.78, 5) is 7.68. The van der Waals surface area contributed by atoms with E-state index in [1.54, 1.807) is 6.07 Å². The minimum Gasteiger partial charge on any atom is -0.507 e. The van der Waals surface area contributed by atoms with Crippen LogP contribution in [-0.4, -0.2) is 15.1 Å². The number of imidazole rings is 1. The lowest BCUT2D eigenvalue weighted by molar-refractivity contribution is 0.477. The number of rotatable bonds is 1. The highest BCUT2D eigenvalue weighted by molar-refractivity contribution is 5.80. The van der Waals surface area contributed by atoms with Crippen LogP contribution in [0.1, 0.15) is 5.56 Å². The third kappa shape index (κ3) is 1.65. The maximum absolute atomic E-state index is 9.85. The third-order valence-electron chi connectivity index (χ3n) is 2.80. The van der Waals surface area contributed by atoms with Gasteiger partial charge < -0.3 is 10.1 Å². The van der Waals surface area contributed by atoms with Gasteiger partial charge in [-0.05, 0) is 31.2 Å². The van der Waals surface area contributed by atoms with Crippen molar-refractivity contribution in [3.63, 3.8) is 0 Å². The fourth-order valence-electron chi connectivity index (χ4n) is 1.92. The van der Waals surface area contributed by atoms with Gasteiger partial charge in [0.25, 0.3) is 0 Å². The van der Waals surface area contributed by atoms with Crippen LogP contribution in [0.5, 0.6) is 5.75 Å². The molecule has 0 saturated heterocycles. The monoisotopic (exact) mass is 224 g/mol. The van der Waals surface area contributed by atoms with Gasteiger partial charge in [-0.2, -0.15) is 0 Å². The minimum atomic E-state index is 0.245. The normalized spacial score (nSPS) is 10.9. The van der Waals surface area contributed by atoms with Gasteiger partial charge in [0.05, 0.1) is 16.6 Å². The zero-order valence-corrected chi connectivity index (χ0v) is 9.44. The Morgan fingerprint density at radius 1 is 1.12 bits per heavy atom. The number of hydrogen-bond acceptors (Lipinski definition) is 2. The minimum absolute atomic E-state index is 0.245.